The van der Waals surface area contributed by atoms with Crippen LogP contribution >= 0.6 is 0 Å². The third-order valence-electron chi connectivity index (χ3n) is 3.73. The molecule has 0 aliphatic carbocycles. The minimum Gasteiger partial charge on any atom is -0.784 e. The van der Waals surface area contributed by atoms with Gasteiger partial charge in [-0.15, -0.1) is 0 Å². The Morgan fingerprint density at radius 2 is 1.75 bits per heavy atom. The largest absolute Gasteiger partial charge is 0.784 e. The number of hydrogen-bond acceptors (Lipinski definition) is 2. The van der Waals surface area contributed by atoms with E-state index in [-0.39, 0.29) is 11.6 Å². The highest BCUT2D eigenvalue weighted by molar-refractivity contribution is 5.34. The van der Waals surface area contributed by atoms with E-state index in [4.69, 9.17) is 0 Å². The molecule has 2 heteroatoms. The van der Waals surface area contributed by atoms with Crippen LogP contribution < -0.4 is 0 Å². The van der Waals surface area contributed by atoms with Crippen molar-refractivity contribution in [3.8, 4) is 0 Å². The van der Waals surface area contributed by atoms with Crippen molar-refractivity contribution < 1.29 is 0 Å². The molecule has 0 saturated heterocycles. The molecule has 0 fully saturated rings. The lowest BCUT2D eigenvalue weighted by atomic mass is 9.87. The minimum atomic E-state index is -0.280. The average molecular weight is 218 g/mol. The van der Waals surface area contributed by atoms with Crippen molar-refractivity contribution in [3.05, 3.63) is 40.6 Å². The van der Waals surface area contributed by atoms with Crippen molar-refractivity contribution in [3.63, 3.8) is 0 Å². The number of hydrogen-bond donors (Lipinski definition) is 0. The van der Waals surface area contributed by atoms with Gasteiger partial charge in [-0.1, -0.05) is 31.2 Å². The fourth-order valence-corrected chi connectivity index (χ4v) is 2.94. The summed E-state index contributed by atoms with van der Waals surface area (Å²) in [6.07, 6.45) is 0.915. The van der Waals surface area contributed by atoms with E-state index < -0.39 is 0 Å². The van der Waals surface area contributed by atoms with Crippen molar-refractivity contribution >= 4 is 0 Å². The maximum absolute atomic E-state index is 12.3. The highest BCUT2D eigenvalue weighted by atomic mass is 16.5. The predicted octanol–water partition coefficient (Wildman–Crippen LogP) is 3.83. The summed E-state index contributed by atoms with van der Waals surface area (Å²) in [6.45, 7) is 8.30. The summed E-state index contributed by atoms with van der Waals surface area (Å²) in [6, 6.07) is 8.29. The third-order valence-corrected chi connectivity index (χ3v) is 3.73. The summed E-state index contributed by atoms with van der Waals surface area (Å²) in [5.74, 6) is 0.451. The summed E-state index contributed by atoms with van der Waals surface area (Å²) in [5.41, 5.74) is 2.25. The maximum atomic E-state index is 12.3. The topological polar surface area (TPSA) is 26.3 Å². The van der Waals surface area contributed by atoms with Gasteiger partial charge in [0.25, 0.3) is 0 Å². The van der Waals surface area contributed by atoms with Crippen molar-refractivity contribution in [2.75, 3.05) is 0 Å². The number of benzene rings is 1. The van der Waals surface area contributed by atoms with E-state index in [2.05, 4.69) is 25.1 Å². The minimum absolute atomic E-state index is 0.0452. The smallest absolute Gasteiger partial charge is 0.0209 e. The Kier molecular flexibility index (Phi) is 2.81. The summed E-state index contributed by atoms with van der Waals surface area (Å²) < 4.78 is 0. The lowest BCUT2D eigenvalue weighted by Gasteiger charge is -2.47. The molecule has 1 aliphatic rings. The van der Waals surface area contributed by atoms with Crippen molar-refractivity contribution in [2.45, 2.75) is 51.6 Å². The Hall–Kier alpha value is -0.860. The van der Waals surface area contributed by atoms with Crippen LogP contribution in [0.5, 0.6) is 0 Å². The zero-order valence-corrected chi connectivity index (χ0v) is 10.5. The fraction of sp³-hybridized carbons (Fsp3) is 0.571. The second-order valence-corrected chi connectivity index (χ2v) is 5.55. The first kappa shape index (κ1) is 11.6. The highest BCUT2D eigenvalue weighted by Crippen LogP contribution is 2.41. The van der Waals surface area contributed by atoms with Crippen LogP contribution in [0.4, 0.5) is 0 Å². The molecule has 0 N–H and O–H groups in total. The molecule has 0 bridgehead atoms. The Labute approximate surface area is 97.9 Å². The molecule has 1 unspecified atom stereocenters. The quantitative estimate of drug-likeness (QED) is 0.661. The summed E-state index contributed by atoms with van der Waals surface area (Å²) in [7, 11) is 0. The molecule has 88 valence electrons. The zero-order valence-electron chi connectivity index (χ0n) is 10.5. The number of fused-ring (bicyclic) bond motifs is 1. The summed E-state index contributed by atoms with van der Waals surface area (Å²) >= 11 is 0. The first-order chi connectivity index (χ1) is 7.43. The van der Waals surface area contributed by atoms with Crippen molar-refractivity contribution in [2.24, 2.45) is 0 Å². The standard InChI is InChI=1S/C14H20NO/c1-10-9-14(3,4)15(16)11(2)13-8-6-5-7-12(10)13/h5-8,10-11H,9H2,1-4H3/q-1/t10-,11?/m0/s1. The Morgan fingerprint density at radius 1 is 1.19 bits per heavy atom. The van der Waals surface area contributed by atoms with Gasteiger partial charge in [-0.05, 0) is 44.2 Å². The molecule has 1 aromatic rings. The lowest BCUT2D eigenvalue weighted by Crippen LogP contribution is -2.40. The van der Waals surface area contributed by atoms with E-state index in [1.54, 1.807) is 0 Å². The van der Waals surface area contributed by atoms with Gasteiger partial charge in [-0.3, -0.25) is 0 Å². The van der Waals surface area contributed by atoms with E-state index in [0.29, 0.717) is 5.92 Å². The van der Waals surface area contributed by atoms with Crippen LogP contribution in [0.3, 0.4) is 0 Å². The molecular weight excluding hydrogens is 198 g/mol. The molecule has 2 rings (SSSR count). The molecule has 2 atom stereocenters. The summed E-state index contributed by atoms with van der Waals surface area (Å²) in [5, 5.41) is 13.6. The fourth-order valence-electron chi connectivity index (χ4n) is 2.94. The van der Waals surface area contributed by atoms with Crippen LogP contribution in [0.15, 0.2) is 24.3 Å². The molecule has 0 spiro atoms. The zero-order chi connectivity index (χ0) is 11.9. The van der Waals surface area contributed by atoms with Crippen molar-refractivity contribution in [1.29, 1.82) is 0 Å². The van der Waals surface area contributed by atoms with Gasteiger partial charge >= 0.3 is 0 Å². The van der Waals surface area contributed by atoms with Gasteiger partial charge in [0.15, 0.2) is 0 Å². The molecule has 0 saturated carbocycles. The molecule has 2 nitrogen and oxygen atoms in total. The lowest BCUT2D eigenvalue weighted by molar-refractivity contribution is 0.131. The van der Waals surface area contributed by atoms with Gasteiger partial charge in [-0.2, -0.15) is 0 Å². The molecule has 0 aromatic heterocycles. The molecule has 1 aromatic carbocycles. The summed E-state index contributed by atoms with van der Waals surface area (Å²) in [4.78, 5) is 0. The maximum Gasteiger partial charge on any atom is 0.0209 e. The van der Waals surface area contributed by atoms with Crippen LogP contribution in [0, 0.1) is 5.21 Å². The van der Waals surface area contributed by atoms with E-state index in [1.807, 2.05) is 26.8 Å². The van der Waals surface area contributed by atoms with Crippen LogP contribution in [0.2, 0.25) is 0 Å². The monoisotopic (exact) mass is 218 g/mol. The Balaban J connectivity index is 2.51. The van der Waals surface area contributed by atoms with Crippen LogP contribution in [0.1, 0.15) is 57.2 Å². The first-order valence-corrected chi connectivity index (χ1v) is 5.99. The van der Waals surface area contributed by atoms with Gasteiger partial charge in [0.05, 0.1) is 0 Å². The molecular formula is C14H20NO-. The molecule has 0 radical (unpaired) electrons. The Bertz CT molecular complexity index is 386. The molecule has 1 heterocycles. The second kappa shape index (κ2) is 3.86. The third kappa shape index (κ3) is 1.76. The predicted molar refractivity (Wildman–Crippen MR) is 67.2 cm³/mol. The van der Waals surface area contributed by atoms with Gasteiger partial charge < -0.3 is 10.3 Å². The van der Waals surface area contributed by atoms with Gasteiger partial charge in [-0.25, -0.2) is 0 Å². The average Bonchev–Trinajstić information content (AvgIpc) is 2.31. The van der Waals surface area contributed by atoms with E-state index in [0.717, 1.165) is 6.42 Å². The first-order valence-electron chi connectivity index (χ1n) is 5.99. The van der Waals surface area contributed by atoms with Gasteiger partial charge in [0, 0.05) is 11.6 Å². The van der Waals surface area contributed by atoms with Crippen LogP contribution in [-0.2, 0) is 0 Å². The van der Waals surface area contributed by atoms with E-state index in [1.165, 1.54) is 16.2 Å². The second-order valence-electron chi connectivity index (χ2n) is 5.55. The normalized spacial score (nSPS) is 29.6. The van der Waals surface area contributed by atoms with Gasteiger partial charge in [0.2, 0.25) is 0 Å². The molecule has 16 heavy (non-hydrogen) atoms. The molecule has 0 amide bonds. The van der Waals surface area contributed by atoms with Crippen LogP contribution in [0.25, 0.3) is 0 Å². The van der Waals surface area contributed by atoms with E-state index in [9.17, 15) is 5.21 Å². The molecule has 1 aliphatic heterocycles. The van der Waals surface area contributed by atoms with Gasteiger partial charge in [0.1, 0.15) is 0 Å². The van der Waals surface area contributed by atoms with E-state index >= 15 is 0 Å². The number of hydroxylamine groups is 2. The SMILES string of the molecule is CC1c2ccccc2[C@@H](C)CC(C)(C)N1[O-]. The number of rotatable bonds is 0. The van der Waals surface area contributed by atoms with Crippen molar-refractivity contribution in [1.82, 2.24) is 5.06 Å². The Morgan fingerprint density at radius 3 is 2.38 bits per heavy atom. The van der Waals surface area contributed by atoms with Crippen LogP contribution in [-0.4, -0.2) is 10.6 Å². The highest BCUT2D eigenvalue weighted by Gasteiger charge is 2.32. The number of nitrogens with zero attached hydrogens (tertiary/aromatic N) is 1.